The molecule has 0 aliphatic heterocycles. The van der Waals surface area contributed by atoms with Crippen LogP contribution in [0, 0.1) is 0 Å². The first kappa shape index (κ1) is 27.1. The molecule has 0 heterocycles. The van der Waals surface area contributed by atoms with Gasteiger partial charge in [-0.15, -0.1) is 0 Å². The third-order valence-electron chi connectivity index (χ3n) is 4.47. The fourth-order valence-corrected chi connectivity index (χ4v) is 3.90. The number of aliphatic hydroxyl groups is 1. The zero-order valence-corrected chi connectivity index (χ0v) is 19.0. The molecule has 0 aliphatic carbocycles. The first-order chi connectivity index (χ1) is 10.9. The van der Waals surface area contributed by atoms with Gasteiger partial charge in [0, 0.05) is 5.25 Å². The molecular formula is C18H37NaO4S. The van der Waals surface area contributed by atoms with Crippen LogP contribution < -0.4 is 29.6 Å². The van der Waals surface area contributed by atoms with Crippen molar-refractivity contribution in [3.05, 3.63) is 0 Å². The summed E-state index contributed by atoms with van der Waals surface area (Å²) < 4.78 is 34.0. The summed E-state index contributed by atoms with van der Waals surface area (Å²) in [5.74, 6) is 0. The van der Waals surface area contributed by atoms with Crippen LogP contribution in [0.5, 0.6) is 0 Å². The summed E-state index contributed by atoms with van der Waals surface area (Å²) in [6, 6.07) is 0. The fraction of sp³-hybridized carbons (Fsp3) is 1.00. The number of unbranched alkanes of at least 4 members (excludes halogenated alkanes) is 7. The Kier molecular flexibility index (Phi) is 19.5. The first-order valence-corrected chi connectivity index (χ1v) is 11.0. The monoisotopic (exact) mass is 372 g/mol. The topological polar surface area (TPSA) is 77.4 Å². The molecule has 6 heteroatoms. The number of aliphatic hydroxyl groups excluding tert-OH is 1. The zero-order valence-electron chi connectivity index (χ0n) is 16.1. The molecule has 1 N–H and O–H groups in total. The zero-order chi connectivity index (χ0) is 17.6. The van der Waals surface area contributed by atoms with Gasteiger partial charge in [-0.2, -0.15) is 0 Å². The van der Waals surface area contributed by atoms with Gasteiger partial charge in [0.1, 0.15) is 0 Å². The van der Waals surface area contributed by atoms with Crippen molar-refractivity contribution < 1.29 is 47.6 Å². The summed E-state index contributed by atoms with van der Waals surface area (Å²) in [6.45, 7) is 4.21. The summed E-state index contributed by atoms with van der Waals surface area (Å²) in [7, 11) is -4.16. The van der Waals surface area contributed by atoms with Gasteiger partial charge in [0.15, 0.2) is 0 Å². The predicted molar refractivity (Wildman–Crippen MR) is 95.5 cm³/mol. The Morgan fingerprint density at radius 3 is 1.62 bits per heavy atom. The van der Waals surface area contributed by atoms with Crippen molar-refractivity contribution in [1.29, 1.82) is 0 Å². The summed E-state index contributed by atoms with van der Waals surface area (Å²) in [6.07, 6.45) is 12.6. The Balaban J connectivity index is 0. The first-order valence-electron chi connectivity index (χ1n) is 9.54. The molecule has 4 nitrogen and oxygen atoms in total. The second-order valence-corrected chi connectivity index (χ2v) is 8.40. The molecule has 0 aromatic heterocycles. The van der Waals surface area contributed by atoms with E-state index in [4.69, 9.17) is 0 Å². The Labute approximate surface area is 172 Å². The van der Waals surface area contributed by atoms with Crippen molar-refractivity contribution in [2.75, 3.05) is 0 Å². The molecule has 24 heavy (non-hydrogen) atoms. The van der Waals surface area contributed by atoms with E-state index >= 15 is 0 Å². The van der Waals surface area contributed by atoms with Crippen LogP contribution in [-0.2, 0) is 10.1 Å². The van der Waals surface area contributed by atoms with Crippen LogP contribution in [0.2, 0.25) is 0 Å². The van der Waals surface area contributed by atoms with Crippen molar-refractivity contribution in [3.8, 4) is 0 Å². The van der Waals surface area contributed by atoms with E-state index in [1.165, 1.54) is 6.42 Å². The molecule has 2 atom stereocenters. The van der Waals surface area contributed by atoms with Gasteiger partial charge in [-0.05, 0) is 25.7 Å². The summed E-state index contributed by atoms with van der Waals surface area (Å²) >= 11 is 0. The van der Waals surface area contributed by atoms with Crippen LogP contribution in [0.25, 0.3) is 0 Å². The maximum Gasteiger partial charge on any atom is 1.00 e. The van der Waals surface area contributed by atoms with E-state index in [9.17, 15) is 18.1 Å². The molecule has 0 aromatic rings. The predicted octanol–water partition coefficient (Wildman–Crippen LogP) is 1.77. The molecule has 0 bridgehead atoms. The van der Waals surface area contributed by atoms with Gasteiger partial charge < -0.3 is 9.66 Å². The Morgan fingerprint density at radius 1 is 0.750 bits per heavy atom. The van der Waals surface area contributed by atoms with Crippen molar-refractivity contribution >= 4 is 10.1 Å². The second kappa shape index (κ2) is 17.3. The van der Waals surface area contributed by atoms with E-state index < -0.39 is 15.4 Å². The fourth-order valence-electron chi connectivity index (χ4n) is 2.99. The summed E-state index contributed by atoms with van der Waals surface area (Å²) in [4.78, 5) is 0. The Hall–Kier alpha value is 0.870. The number of hydrogen-bond acceptors (Lipinski definition) is 4. The van der Waals surface area contributed by atoms with Crippen LogP contribution >= 0.6 is 0 Å². The maximum absolute atomic E-state index is 11.3. The third kappa shape index (κ3) is 16.3. The number of hydrogen-bond donors (Lipinski definition) is 1. The molecule has 0 saturated heterocycles. The van der Waals surface area contributed by atoms with Crippen molar-refractivity contribution in [2.45, 2.75) is 115 Å². The Morgan fingerprint density at radius 2 is 1.21 bits per heavy atom. The minimum atomic E-state index is -4.16. The standard InChI is InChI=1S/C18H38O4S.Na/c1-3-5-6-7-11-15-18(23(20,21)22)16-12-9-8-10-14-17(19)13-4-2;/h17-19H,3-16H2,1-2H3,(H,20,21,22);/q;+1/p-1. The van der Waals surface area contributed by atoms with Crippen molar-refractivity contribution in [3.63, 3.8) is 0 Å². The van der Waals surface area contributed by atoms with Gasteiger partial charge in [-0.25, -0.2) is 8.42 Å². The van der Waals surface area contributed by atoms with E-state index in [0.717, 1.165) is 70.6 Å². The molecule has 0 rings (SSSR count). The molecule has 0 radical (unpaired) electrons. The van der Waals surface area contributed by atoms with E-state index in [1.807, 2.05) is 0 Å². The van der Waals surface area contributed by atoms with Gasteiger partial charge in [0.05, 0.1) is 16.2 Å². The minimum Gasteiger partial charge on any atom is -0.748 e. The number of rotatable bonds is 16. The Bertz CT molecular complexity index is 360. The van der Waals surface area contributed by atoms with Crippen molar-refractivity contribution in [1.82, 2.24) is 0 Å². The molecule has 2 unspecified atom stereocenters. The van der Waals surface area contributed by atoms with Crippen LogP contribution in [-0.4, -0.2) is 29.4 Å². The summed E-state index contributed by atoms with van der Waals surface area (Å²) in [5.41, 5.74) is 0. The molecule has 0 saturated carbocycles. The molecule has 0 amide bonds. The molecule has 0 aromatic carbocycles. The largest absolute Gasteiger partial charge is 1.00 e. The average molecular weight is 373 g/mol. The van der Waals surface area contributed by atoms with E-state index in [0.29, 0.717) is 12.8 Å². The van der Waals surface area contributed by atoms with Crippen LogP contribution in [0.4, 0.5) is 0 Å². The van der Waals surface area contributed by atoms with E-state index in [2.05, 4.69) is 13.8 Å². The molecule has 0 fully saturated rings. The van der Waals surface area contributed by atoms with Crippen molar-refractivity contribution in [2.24, 2.45) is 0 Å². The molecule has 140 valence electrons. The van der Waals surface area contributed by atoms with Gasteiger partial charge in [0.2, 0.25) is 0 Å². The van der Waals surface area contributed by atoms with Crippen LogP contribution in [0.3, 0.4) is 0 Å². The SMILES string of the molecule is CCCCCCCC(CCCCCCC(O)CCC)S(=O)(=O)[O-].[Na+]. The van der Waals surface area contributed by atoms with Gasteiger partial charge in [-0.1, -0.05) is 78.1 Å². The molecule has 0 aliphatic rings. The van der Waals surface area contributed by atoms with E-state index in [1.54, 1.807) is 0 Å². The third-order valence-corrected chi connectivity index (χ3v) is 5.76. The summed E-state index contributed by atoms with van der Waals surface area (Å²) in [5, 5.41) is 8.94. The van der Waals surface area contributed by atoms with E-state index in [-0.39, 0.29) is 35.7 Å². The average Bonchev–Trinajstić information content (AvgIpc) is 2.47. The minimum absolute atomic E-state index is 0. The maximum atomic E-state index is 11.3. The van der Waals surface area contributed by atoms with Gasteiger partial charge in [-0.3, -0.25) is 0 Å². The molecule has 0 spiro atoms. The molecular weight excluding hydrogens is 335 g/mol. The van der Waals surface area contributed by atoms with Crippen LogP contribution in [0.1, 0.15) is 104 Å². The van der Waals surface area contributed by atoms with Gasteiger partial charge in [0.25, 0.3) is 0 Å². The quantitative estimate of drug-likeness (QED) is 0.254. The second-order valence-electron chi connectivity index (χ2n) is 6.75. The van der Waals surface area contributed by atoms with Crippen LogP contribution in [0.15, 0.2) is 0 Å². The van der Waals surface area contributed by atoms with Gasteiger partial charge >= 0.3 is 29.6 Å². The normalized spacial score (nSPS) is 14.2. The smallest absolute Gasteiger partial charge is 0.748 e.